The van der Waals surface area contributed by atoms with Crippen molar-refractivity contribution < 1.29 is 28.0 Å². The molecule has 2 aliphatic rings. The number of nitrogens with zero attached hydrogens (tertiary/aromatic N) is 8. The minimum atomic E-state index is -1.85. The first-order chi connectivity index (χ1) is 31.1. The number of benzene rings is 2. The fraction of sp³-hybridized carbons (Fsp3) is 0.458. The van der Waals surface area contributed by atoms with Gasteiger partial charge in [-0.2, -0.15) is 0 Å². The molecular weight excluding hydrogens is 841 g/mol. The van der Waals surface area contributed by atoms with Crippen LogP contribution in [0.4, 0.5) is 21.0 Å². The summed E-state index contributed by atoms with van der Waals surface area (Å²) < 4.78 is 21.0. The van der Waals surface area contributed by atoms with Gasteiger partial charge in [0.05, 0.1) is 50.1 Å². The van der Waals surface area contributed by atoms with Crippen LogP contribution in [-0.2, 0) is 30.7 Å². The number of aromatic nitrogens is 6. The molecule has 17 heteroatoms. The summed E-state index contributed by atoms with van der Waals surface area (Å²) in [5.41, 5.74) is 4.43. The van der Waals surface area contributed by atoms with Crippen LogP contribution in [0.25, 0.3) is 11.4 Å². The van der Waals surface area contributed by atoms with Gasteiger partial charge in [0, 0.05) is 23.5 Å². The lowest BCUT2D eigenvalue weighted by atomic mass is 10.2. The summed E-state index contributed by atoms with van der Waals surface area (Å²) in [6.45, 7) is 16.2. The van der Waals surface area contributed by atoms with E-state index in [1.165, 1.54) is 0 Å². The Morgan fingerprint density at radius 1 is 0.692 bits per heavy atom. The molecular formula is C48H64N10O6Si. The second-order valence-corrected chi connectivity index (χ2v) is 23.4. The fourth-order valence-electron chi connectivity index (χ4n) is 7.89. The summed E-state index contributed by atoms with van der Waals surface area (Å²) in [4.78, 5) is 30.0. The van der Waals surface area contributed by atoms with Crippen LogP contribution in [0.3, 0.4) is 0 Å². The predicted molar refractivity (Wildman–Crippen MR) is 251 cm³/mol. The average Bonchev–Trinajstić information content (AvgIpc) is 4.14. The van der Waals surface area contributed by atoms with E-state index < -0.39 is 8.32 Å². The molecule has 4 aromatic heterocycles. The van der Waals surface area contributed by atoms with Crippen LogP contribution in [-0.4, -0.2) is 77.4 Å². The molecule has 8 rings (SSSR count). The zero-order chi connectivity index (χ0) is 46.1. The number of aliphatic hydroxyl groups excluding tert-OH is 1. The molecule has 0 unspecified atom stereocenters. The number of aryl methyl sites for hydroxylation is 2. The van der Waals surface area contributed by atoms with Gasteiger partial charge >= 0.3 is 12.1 Å². The Bertz CT molecular complexity index is 2460. The van der Waals surface area contributed by atoms with Gasteiger partial charge in [0.15, 0.2) is 8.32 Å². The maximum absolute atomic E-state index is 13.2. The van der Waals surface area contributed by atoms with E-state index in [1.807, 2.05) is 103 Å². The van der Waals surface area contributed by atoms with E-state index in [2.05, 4.69) is 65.1 Å². The highest BCUT2D eigenvalue weighted by Gasteiger charge is 2.37. The lowest BCUT2D eigenvalue weighted by molar-refractivity contribution is 0.177. The summed E-state index contributed by atoms with van der Waals surface area (Å²) >= 11 is 0. The van der Waals surface area contributed by atoms with Crippen molar-refractivity contribution in [1.82, 2.24) is 39.8 Å². The number of hydrogen-bond acceptors (Lipinski definition) is 10. The van der Waals surface area contributed by atoms with Crippen molar-refractivity contribution in [2.75, 3.05) is 10.6 Å². The number of nitrogens with one attached hydrogen (secondary N) is 2. The van der Waals surface area contributed by atoms with Gasteiger partial charge in [-0.1, -0.05) is 56.9 Å². The average molecular weight is 905 g/mol. The van der Waals surface area contributed by atoms with Crippen molar-refractivity contribution in [3.8, 4) is 11.4 Å². The third kappa shape index (κ3) is 12.4. The Labute approximate surface area is 382 Å². The third-order valence-corrected chi connectivity index (χ3v) is 17.2. The third-order valence-electron chi connectivity index (χ3n) is 12.7. The van der Waals surface area contributed by atoms with Gasteiger partial charge in [-0.3, -0.25) is 0 Å². The van der Waals surface area contributed by atoms with Crippen LogP contribution in [0.1, 0.15) is 107 Å². The number of furan rings is 2. The van der Waals surface area contributed by atoms with Crippen molar-refractivity contribution in [1.29, 1.82) is 0 Å². The number of amides is 4. The molecule has 0 atom stereocenters. The minimum absolute atomic E-state index is 0.102. The van der Waals surface area contributed by atoms with E-state index in [0.717, 1.165) is 97.2 Å². The molecule has 4 heterocycles. The van der Waals surface area contributed by atoms with Gasteiger partial charge in [-0.25, -0.2) is 19.0 Å². The van der Waals surface area contributed by atoms with Crippen LogP contribution < -0.4 is 10.6 Å². The number of urea groups is 2. The van der Waals surface area contributed by atoms with E-state index in [1.54, 1.807) is 15.6 Å². The lowest BCUT2D eigenvalue weighted by Gasteiger charge is -2.35. The quantitative estimate of drug-likeness (QED) is 0.0890. The van der Waals surface area contributed by atoms with Crippen molar-refractivity contribution in [2.45, 2.75) is 143 Å². The zero-order valence-electron chi connectivity index (χ0n) is 38.8. The van der Waals surface area contributed by atoms with Crippen molar-refractivity contribution in [3.63, 3.8) is 0 Å². The molecule has 6 aromatic rings. The Kier molecular flexibility index (Phi) is 15.1. The lowest BCUT2D eigenvalue weighted by Crippen LogP contribution is -2.41. The first-order valence-corrected chi connectivity index (χ1v) is 25.6. The van der Waals surface area contributed by atoms with Gasteiger partial charge in [-0.05, 0) is 130 Å². The summed E-state index contributed by atoms with van der Waals surface area (Å²) in [6, 6.07) is 23.0. The van der Waals surface area contributed by atoms with Gasteiger partial charge in [0.25, 0.3) is 0 Å². The van der Waals surface area contributed by atoms with Crippen molar-refractivity contribution in [3.05, 3.63) is 120 Å². The molecule has 0 saturated heterocycles. The zero-order valence-corrected chi connectivity index (χ0v) is 39.8. The van der Waals surface area contributed by atoms with Crippen LogP contribution in [0, 0.1) is 13.8 Å². The molecule has 3 N–H and O–H groups in total. The molecule has 2 aromatic carbocycles. The topological polar surface area (TPSA) is 182 Å². The standard InChI is InChI=1S/C27H39N5O3Si.C21H25N5O3/c1-20-11-16-25(35-20)18-31(23-9-7-8-10-23)26(33)28-21-12-14-24(15-13-21)32-17-22(29-30-32)19-34-36(5,6)27(2,3)4;1-15-6-11-20(29-15)13-25(18-4-2-3-5-18)21(28)22-16-7-9-19(10-8-16)26-12-17(14-27)23-24-26/h11-17,23H,7-10,18-19H2,1-6H3,(H,28,33);6-12,18,27H,2-5,13-14H2,1H3,(H,22,28). The summed E-state index contributed by atoms with van der Waals surface area (Å²) in [6.07, 6.45) is 12.3. The highest BCUT2D eigenvalue weighted by atomic mass is 28.4. The fourth-order valence-corrected chi connectivity index (χ4v) is 8.83. The van der Waals surface area contributed by atoms with Crippen LogP contribution in [0.2, 0.25) is 18.1 Å². The molecule has 2 saturated carbocycles. The van der Waals surface area contributed by atoms with Crippen LogP contribution >= 0.6 is 0 Å². The summed E-state index contributed by atoms with van der Waals surface area (Å²) in [5.74, 6) is 3.31. The van der Waals surface area contributed by atoms with E-state index in [4.69, 9.17) is 18.4 Å². The van der Waals surface area contributed by atoms with Gasteiger partial charge in [0.1, 0.15) is 34.4 Å². The van der Waals surface area contributed by atoms with E-state index >= 15 is 0 Å². The molecule has 2 fully saturated rings. The first kappa shape index (κ1) is 46.9. The number of hydrogen-bond donors (Lipinski definition) is 3. The smallest absolute Gasteiger partial charge is 0.322 e. The molecule has 65 heavy (non-hydrogen) atoms. The largest absolute Gasteiger partial charge is 0.464 e. The van der Waals surface area contributed by atoms with E-state index in [0.29, 0.717) is 31.1 Å². The van der Waals surface area contributed by atoms with Crippen LogP contribution in [0.15, 0.2) is 94.0 Å². The molecule has 346 valence electrons. The molecule has 0 spiro atoms. The predicted octanol–water partition coefficient (Wildman–Crippen LogP) is 10.3. The van der Waals surface area contributed by atoms with Crippen molar-refractivity contribution in [2.24, 2.45) is 0 Å². The Morgan fingerprint density at radius 2 is 1.11 bits per heavy atom. The maximum Gasteiger partial charge on any atom is 0.322 e. The number of rotatable bonds is 14. The normalized spacial score (nSPS) is 14.6. The first-order valence-electron chi connectivity index (χ1n) is 22.7. The number of carbonyl (C=O) groups excluding carboxylic acids is 2. The monoisotopic (exact) mass is 904 g/mol. The molecule has 4 amide bonds. The second-order valence-electron chi connectivity index (χ2n) is 18.6. The Hall–Kier alpha value is -6.04. The minimum Gasteiger partial charge on any atom is -0.464 e. The highest BCUT2D eigenvalue weighted by Crippen LogP contribution is 2.37. The molecule has 0 bridgehead atoms. The summed E-state index contributed by atoms with van der Waals surface area (Å²) in [5, 5.41) is 31.7. The van der Waals surface area contributed by atoms with Crippen molar-refractivity contribution >= 4 is 31.8 Å². The number of anilines is 2. The SMILES string of the molecule is Cc1ccc(CN(C(=O)Nc2ccc(-n3cc(CO)nn3)cc2)C2CCCC2)o1.Cc1ccc(CN(C(=O)Nc2ccc(-n3cc(CO[Si](C)(C)C(C)(C)C)nn3)cc2)C2CCCC2)o1. The molecule has 16 nitrogen and oxygen atoms in total. The maximum atomic E-state index is 13.2. The number of carbonyl (C=O) groups is 2. The van der Waals surface area contributed by atoms with E-state index in [-0.39, 0.29) is 35.8 Å². The van der Waals surface area contributed by atoms with Gasteiger partial charge in [0.2, 0.25) is 0 Å². The highest BCUT2D eigenvalue weighted by molar-refractivity contribution is 6.74. The number of aliphatic hydroxyl groups is 1. The van der Waals surface area contributed by atoms with E-state index in [9.17, 15) is 9.59 Å². The Morgan fingerprint density at radius 3 is 1.48 bits per heavy atom. The summed E-state index contributed by atoms with van der Waals surface area (Å²) in [7, 11) is -1.85. The van der Waals surface area contributed by atoms with Crippen LogP contribution in [0.5, 0.6) is 0 Å². The molecule has 0 radical (unpaired) electrons. The molecule has 2 aliphatic carbocycles. The van der Waals surface area contributed by atoms with Gasteiger partial charge < -0.3 is 38.8 Å². The second kappa shape index (κ2) is 20.9. The molecule has 0 aliphatic heterocycles. The Balaban J connectivity index is 0.000000198. The van der Waals surface area contributed by atoms with Gasteiger partial charge in [-0.15, -0.1) is 10.2 Å².